The van der Waals surface area contributed by atoms with E-state index >= 15 is 0 Å². The molecule has 0 saturated carbocycles. The summed E-state index contributed by atoms with van der Waals surface area (Å²) in [6.45, 7) is 7.24. The van der Waals surface area contributed by atoms with Gasteiger partial charge >= 0.3 is 6.18 Å². The lowest BCUT2D eigenvalue weighted by Gasteiger charge is -2.20. The number of hydrogen-bond acceptors (Lipinski definition) is 6. The fourth-order valence-corrected chi connectivity index (χ4v) is 2.29. The molecule has 6 nitrogen and oxygen atoms in total. The fourth-order valence-electron chi connectivity index (χ4n) is 2.29. The minimum Gasteiger partial charge on any atom is -0.386 e. The number of aliphatic hydroxyl groups is 1. The Bertz CT molecular complexity index is 702. The Morgan fingerprint density at radius 1 is 1.27 bits per heavy atom. The maximum atomic E-state index is 14.2. The third-order valence-corrected chi connectivity index (χ3v) is 3.66. The molecule has 1 atom stereocenters. The molecule has 0 aliphatic heterocycles. The molecule has 0 saturated heterocycles. The van der Waals surface area contributed by atoms with Crippen molar-refractivity contribution in [1.29, 1.82) is 0 Å². The molecule has 2 rings (SSSR count). The summed E-state index contributed by atoms with van der Waals surface area (Å²) in [5.41, 5.74) is -1.18. The molecule has 0 fully saturated rings. The fraction of sp³-hybridized carbons (Fsp3) is 0.562. The number of hydrogen-bond donors (Lipinski definition) is 3. The molecule has 0 spiro atoms. The van der Waals surface area contributed by atoms with Crippen molar-refractivity contribution in [3.8, 4) is 0 Å². The van der Waals surface area contributed by atoms with Crippen LogP contribution in [0.3, 0.4) is 0 Å². The van der Waals surface area contributed by atoms with Crippen molar-refractivity contribution in [2.75, 3.05) is 17.2 Å². The zero-order valence-electron chi connectivity index (χ0n) is 14.5. The van der Waals surface area contributed by atoms with Gasteiger partial charge < -0.3 is 15.7 Å². The molecular formula is C16H21F4N5O. The number of aromatic nitrogens is 3. The van der Waals surface area contributed by atoms with Crippen LogP contribution in [0.15, 0.2) is 18.1 Å². The second-order valence-electron chi connectivity index (χ2n) is 6.42. The van der Waals surface area contributed by atoms with E-state index in [0.29, 0.717) is 13.0 Å². The SMILES string of the molecule is C=C(Nc1nc(NCC(C)C)nc(C2=C(F)C(O)CCC2)n1)C(F)(F)F. The summed E-state index contributed by atoms with van der Waals surface area (Å²) < 4.78 is 52.4. The zero-order valence-corrected chi connectivity index (χ0v) is 14.5. The van der Waals surface area contributed by atoms with E-state index in [1.165, 1.54) is 0 Å². The summed E-state index contributed by atoms with van der Waals surface area (Å²) in [6.07, 6.45) is -4.87. The largest absolute Gasteiger partial charge is 0.430 e. The van der Waals surface area contributed by atoms with Crippen LogP contribution in [0.4, 0.5) is 29.5 Å². The number of rotatable bonds is 6. The van der Waals surface area contributed by atoms with Gasteiger partial charge in [-0.05, 0) is 25.2 Å². The summed E-state index contributed by atoms with van der Waals surface area (Å²) in [5, 5.41) is 14.5. The van der Waals surface area contributed by atoms with E-state index < -0.39 is 29.8 Å². The van der Waals surface area contributed by atoms with Gasteiger partial charge in [0.1, 0.15) is 17.6 Å². The highest BCUT2D eigenvalue weighted by atomic mass is 19.4. The van der Waals surface area contributed by atoms with Gasteiger partial charge in [-0.15, -0.1) is 0 Å². The maximum Gasteiger partial charge on any atom is 0.430 e. The first-order valence-corrected chi connectivity index (χ1v) is 8.18. The van der Waals surface area contributed by atoms with Crippen molar-refractivity contribution in [1.82, 2.24) is 15.0 Å². The Labute approximate surface area is 148 Å². The minimum atomic E-state index is -4.68. The standard InChI is InChI=1S/C16H21F4N5O/c1-8(2)7-21-14-23-13(10-5-4-6-11(26)12(10)17)24-15(25-14)22-9(3)16(18,19)20/h8,11,26H,3-7H2,1-2H3,(H2,21,22,23,24,25). The Morgan fingerprint density at radius 2 is 1.92 bits per heavy atom. The average molecular weight is 375 g/mol. The third-order valence-electron chi connectivity index (χ3n) is 3.66. The highest BCUT2D eigenvalue weighted by molar-refractivity contribution is 5.65. The molecular weight excluding hydrogens is 354 g/mol. The average Bonchev–Trinajstić information content (AvgIpc) is 2.54. The summed E-state index contributed by atoms with van der Waals surface area (Å²) >= 11 is 0. The van der Waals surface area contributed by atoms with Crippen LogP contribution in [-0.2, 0) is 0 Å². The topological polar surface area (TPSA) is 83.0 Å². The molecule has 1 heterocycles. The third kappa shape index (κ3) is 5.13. The van der Waals surface area contributed by atoms with Gasteiger partial charge in [0.25, 0.3) is 0 Å². The number of allylic oxidation sites excluding steroid dienone is 2. The van der Waals surface area contributed by atoms with Crippen LogP contribution in [0.5, 0.6) is 0 Å². The van der Waals surface area contributed by atoms with Gasteiger partial charge in [0.05, 0.1) is 0 Å². The molecule has 3 N–H and O–H groups in total. The van der Waals surface area contributed by atoms with Gasteiger partial charge in [-0.25, -0.2) is 4.39 Å². The Morgan fingerprint density at radius 3 is 2.54 bits per heavy atom. The molecule has 0 bridgehead atoms. The molecule has 10 heteroatoms. The number of anilines is 2. The Hall–Kier alpha value is -2.23. The lowest BCUT2D eigenvalue weighted by atomic mass is 9.96. The van der Waals surface area contributed by atoms with Gasteiger partial charge in [0.15, 0.2) is 5.82 Å². The predicted octanol–water partition coefficient (Wildman–Crippen LogP) is 3.65. The van der Waals surface area contributed by atoms with Crippen LogP contribution in [0.2, 0.25) is 0 Å². The van der Waals surface area contributed by atoms with Crippen LogP contribution in [0, 0.1) is 5.92 Å². The summed E-state index contributed by atoms with van der Waals surface area (Å²) in [5.74, 6) is -1.03. The van der Waals surface area contributed by atoms with Gasteiger partial charge in [-0.3, -0.25) is 0 Å². The van der Waals surface area contributed by atoms with Gasteiger partial charge in [-0.2, -0.15) is 28.1 Å². The number of halogens is 4. The first-order chi connectivity index (χ1) is 12.1. The van der Waals surface area contributed by atoms with Crippen LogP contribution in [-0.4, -0.2) is 38.9 Å². The molecule has 1 aliphatic carbocycles. The highest BCUT2D eigenvalue weighted by Gasteiger charge is 2.33. The van der Waals surface area contributed by atoms with E-state index in [1.807, 2.05) is 19.2 Å². The van der Waals surface area contributed by atoms with Crippen LogP contribution in [0.1, 0.15) is 38.9 Å². The van der Waals surface area contributed by atoms with E-state index in [9.17, 15) is 22.7 Å². The van der Waals surface area contributed by atoms with Crippen LogP contribution >= 0.6 is 0 Å². The van der Waals surface area contributed by atoms with E-state index in [1.54, 1.807) is 0 Å². The number of alkyl halides is 3. The smallest absolute Gasteiger partial charge is 0.386 e. The van der Waals surface area contributed by atoms with E-state index in [-0.39, 0.29) is 36.1 Å². The molecule has 0 amide bonds. The number of nitrogens with zero attached hydrogens (tertiary/aromatic N) is 3. The quantitative estimate of drug-likeness (QED) is 0.659. The monoisotopic (exact) mass is 375 g/mol. The molecule has 0 radical (unpaired) electrons. The minimum absolute atomic E-state index is 0.0153. The summed E-state index contributed by atoms with van der Waals surface area (Å²) in [6, 6.07) is 0. The number of nitrogens with one attached hydrogen (secondary N) is 2. The first kappa shape index (κ1) is 20.1. The van der Waals surface area contributed by atoms with Crippen molar-refractivity contribution < 1.29 is 22.7 Å². The molecule has 144 valence electrons. The van der Waals surface area contributed by atoms with E-state index in [0.717, 1.165) is 0 Å². The van der Waals surface area contributed by atoms with Crippen LogP contribution in [0.25, 0.3) is 5.57 Å². The molecule has 26 heavy (non-hydrogen) atoms. The lowest BCUT2D eigenvalue weighted by molar-refractivity contribution is -0.0899. The molecule has 1 unspecified atom stereocenters. The van der Waals surface area contributed by atoms with Crippen molar-refractivity contribution >= 4 is 17.5 Å². The summed E-state index contributed by atoms with van der Waals surface area (Å²) in [4.78, 5) is 11.9. The predicted molar refractivity (Wildman–Crippen MR) is 89.9 cm³/mol. The Kier molecular flexibility index (Phi) is 6.17. The van der Waals surface area contributed by atoms with E-state index in [2.05, 4.69) is 26.8 Å². The highest BCUT2D eigenvalue weighted by Crippen LogP contribution is 2.32. The normalized spacial score (nSPS) is 18.2. The zero-order chi connectivity index (χ0) is 19.5. The first-order valence-electron chi connectivity index (χ1n) is 8.18. The van der Waals surface area contributed by atoms with Crippen LogP contribution < -0.4 is 10.6 Å². The van der Waals surface area contributed by atoms with Crippen molar-refractivity contribution in [2.24, 2.45) is 5.92 Å². The second kappa shape index (κ2) is 7.98. The number of aliphatic hydroxyl groups excluding tert-OH is 1. The van der Waals surface area contributed by atoms with Gasteiger partial charge in [-0.1, -0.05) is 20.4 Å². The molecule has 1 aromatic heterocycles. The van der Waals surface area contributed by atoms with Crippen molar-refractivity contribution in [3.05, 3.63) is 23.9 Å². The summed E-state index contributed by atoms with van der Waals surface area (Å²) in [7, 11) is 0. The van der Waals surface area contributed by atoms with Crippen molar-refractivity contribution in [3.63, 3.8) is 0 Å². The van der Waals surface area contributed by atoms with Crippen molar-refractivity contribution in [2.45, 2.75) is 45.4 Å². The molecule has 0 aromatic carbocycles. The maximum absolute atomic E-state index is 14.2. The molecule has 1 aromatic rings. The van der Waals surface area contributed by atoms with Gasteiger partial charge in [0.2, 0.25) is 11.9 Å². The second-order valence-corrected chi connectivity index (χ2v) is 6.42. The molecule has 1 aliphatic rings. The van der Waals surface area contributed by atoms with E-state index in [4.69, 9.17) is 0 Å². The lowest BCUT2D eigenvalue weighted by Crippen LogP contribution is -2.21. The van der Waals surface area contributed by atoms with Gasteiger partial charge in [0, 0.05) is 12.1 Å². The Balaban J connectivity index is 2.40.